The number of hydrogen-bond acceptors (Lipinski definition) is 4. The van der Waals surface area contributed by atoms with E-state index in [1.54, 1.807) is 0 Å². The molecule has 3 rings (SSSR count). The van der Waals surface area contributed by atoms with Crippen LogP contribution in [0.15, 0.2) is 29.2 Å². The first kappa shape index (κ1) is 19.3. The minimum absolute atomic E-state index is 0.0108. The van der Waals surface area contributed by atoms with Gasteiger partial charge in [0.2, 0.25) is 15.9 Å². The van der Waals surface area contributed by atoms with Crippen LogP contribution in [0.4, 0.5) is 4.39 Å². The van der Waals surface area contributed by atoms with Crippen LogP contribution in [0.25, 0.3) is 0 Å². The van der Waals surface area contributed by atoms with E-state index in [9.17, 15) is 17.6 Å². The van der Waals surface area contributed by atoms with Crippen molar-refractivity contribution in [2.75, 3.05) is 26.2 Å². The van der Waals surface area contributed by atoms with Gasteiger partial charge in [-0.15, -0.1) is 0 Å². The van der Waals surface area contributed by atoms with Gasteiger partial charge in [0.05, 0.1) is 18.8 Å². The monoisotopic (exact) mass is 384 g/mol. The molecule has 8 heteroatoms. The number of hydrogen-bond donors (Lipinski definition) is 0. The summed E-state index contributed by atoms with van der Waals surface area (Å²) in [5.41, 5.74) is 0. The highest BCUT2D eigenvalue weighted by Crippen LogP contribution is 2.27. The fourth-order valence-corrected chi connectivity index (χ4v) is 5.12. The van der Waals surface area contributed by atoms with Crippen molar-refractivity contribution in [3.63, 3.8) is 0 Å². The number of carbonyl (C=O) groups is 1. The fraction of sp³-hybridized carbons (Fsp3) is 0.611. The van der Waals surface area contributed by atoms with E-state index in [0.717, 1.165) is 6.07 Å². The molecule has 2 aliphatic rings. The number of sulfonamides is 1. The Kier molecular flexibility index (Phi) is 5.64. The van der Waals surface area contributed by atoms with Crippen molar-refractivity contribution in [2.45, 2.75) is 43.7 Å². The van der Waals surface area contributed by atoms with Crippen molar-refractivity contribution in [1.82, 2.24) is 9.21 Å². The van der Waals surface area contributed by atoms with E-state index in [4.69, 9.17) is 4.74 Å². The number of piperidine rings is 1. The van der Waals surface area contributed by atoms with Crippen molar-refractivity contribution >= 4 is 15.9 Å². The number of morpholine rings is 1. The lowest BCUT2D eigenvalue weighted by molar-refractivity contribution is -0.148. The van der Waals surface area contributed by atoms with Gasteiger partial charge in [-0.1, -0.05) is 12.1 Å². The second-order valence-corrected chi connectivity index (χ2v) is 9.00. The van der Waals surface area contributed by atoms with Crippen LogP contribution in [0.2, 0.25) is 0 Å². The molecule has 0 radical (unpaired) electrons. The molecule has 1 aromatic rings. The van der Waals surface area contributed by atoms with Crippen LogP contribution in [0, 0.1) is 11.7 Å². The van der Waals surface area contributed by atoms with Crippen LogP contribution in [-0.4, -0.2) is 61.9 Å². The van der Waals surface area contributed by atoms with Gasteiger partial charge in [-0.25, -0.2) is 12.8 Å². The molecule has 6 nitrogen and oxygen atoms in total. The van der Waals surface area contributed by atoms with Crippen LogP contribution >= 0.6 is 0 Å². The van der Waals surface area contributed by atoms with Crippen molar-refractivity contribution < 1.29 is 22.3 Å². The number of ether oxygens (including phenoxy) is 1. The minimum Gasteiger partial charge on any atom is -0.375 e. The predicted octanol–water partition coefficient (Wildman–Crippen LogP) is 1.86. The highest BCUT2D eigenvalue weighted by Gasteiger charge is 2.37. The molecule has 1 amide bonds. The molecule has 0 saturated carbocycles. The Morgan fingerprint density at radius 2 is 1.85 bits per heavy atom. The largest absolute Gasteiger partial charge is 0.375 e. The van der Waals surface area contributed by atoms with E-state index in [1.165, 1.54) is 22.5 Å². The molecule has 2 atom stereocenters. The Morgan fingerprint density at radius 1 is 1.19 bits per heavy atom. The van der Waals surface area contributed by atoms with Crippen LogP contribution < -0.4 is 0 Å². The zero-order chi connectivity index (χ0) is 18.9. The molecule has 26 heavy (non-hydrogen) atoms. The number of rotatable bonds is 3. The van der Waals surface area contributed by atoms with Gasteiger partial charge in [0.1, 0.15) is 10.7 Å². The maximum Gasteiger partial charge on any atom is 0.245 e. The fourth-order valence-electron chi connectivity index (χ4n) is 3.58. The summed E-state index contributed by atoms with van der Waals surface area (Å²) < 4.78 is 46.0. The molecule has 0 N–H and O–H groups in total. The second kappa shape index (κ2) is 7.62. The van der Waals surface area contributed by atoms with Crippen molar-refractivity contribution in [1.29, 1.82) is 0 Å². The Hall–Kier alpha value is -1.51. The van der Waals surface area contributed by atoms with Gasteiger partial charge >= 0.3 is 0 Å². The third kappa shape index (κ3) is 3.77. The standard InChI is InChI=1S/C18H25FN2O4S/c1-13-12-25-14(2)11-21(13)18(22)15-7-9-20(10-8-15)26(23,24)17-6-4-3-5-16(17)19/h3-6,13-15H,7-12H2,1-2H3. The molecular formula is C18H25FN2O4S. The highest BCUT2D eigenvalue weighted by molar-refractivity contribution is 7.89. The maximum absolute atomic E-state index is 13.9. The van der Waals surface area contributed by atoms with Crippen LogP contribution in [0.3, 0.4) is 0 Å². The number of nitrogens with zero attached hydrogens (tertiary/aromatic N) is 2. The average molecular weight is 384 g/mol. The molecule has 2 saturated heterocycles. The number of carbonyl (C=O) groups excluding carboxylic acids is 1. The van der Waals surface area contributed by atoms with Crippen molar-refractivity contribution in [2.24, 2.45) is 5.92 Å². The van der Waals surface area contributed by atoms with E-state index in [-0.39, 0.29) is 42.0 Å². The van der Waals surface area contributed by atoms with E-state index in [0.29, 0.717) is 26.0 Å². The van der Waals surface area contributed by atoms with Gasteiger partial charge in [0.15, 0.2) is 0 Å². The summed E-state index contributed by atoms with van der Waals surface area (Å²) in [5, 5.41) is 0. The SMILES string of the molecule is CC1CN(C(=O)C2CCN(S(=O)(=O)c3ccccc3F)CC2)C(C)CO1. The molecule has 0 aromatic heterocycles. The average Bonchev–Trinajstić information content (AvgIpc) is 2.63. The molecule has 0 bridgehead atoms. The normalized spacial score (nSPS) is 26.0. The summed E-state index contributed by atoms with van der Waals surface area (Å²) in [6.07, 6.45) is 0.910. The Bertz CT molecular complexity index is 762. The van der Waals surface area contributed by atoms with Gasteiger partial charge in [-0.3, -0.25) is 4.79 Å². The Morgan fingerprint density at radius 3 is 2.50 bits per heavy atom. The molecule has 2 fully saturated rings. The molecule has 2 unspecified atom stereocenters. The summed E-state index contributed by atoms with van der Waals surface area (Å²) in [6.45, 7) is 5.43. The van der Waals surface area contributed by atoms with E-state index in [2.05, 4.69) is 0 Å². The lowest BCUT2D eigenvalue weighted by Crippen LogP contribution is -2.53. The molecule has 0 aliphatic carbocycles. The predicted molar refractivity (Wildman–Crippen MR) is 94.5 cm³/mol. The molecule has 0 spiro atoms. The van der Waals surface area contributed by atoms with Gasteiger partial charge < -0.3 is 9.64 Å². The molecule has 144 valence electrons. The van der Waals surface area contributed by atoms with Crippen LogP contribution in [0.1, 0.15) is 26.7 Å². The zero-order valence-electron chi connectivity index (χ0n) is 15.1. The van der Waals surface area contributed by atoms with Crippen LogP contribution in [-0.2, 0) is 19.6 Å². The summed E-state index contributed by atoms with van der Waals surface area (Å²) in [6, 6.07) is 5.42. The van der Waals surface area contributed by atoms with Gasteiger partial charge in [-0.2, -0.15) is 4.31 Å². The van der Waals surface area contributed by atoms with Gasteiger partial charge in [0, 0.05) is 25.6 Å². The van der Waals surface area contributed by atoms with E-state index in [1.807, 2.05) is 18.7 Å². The summed E-state index contributed by atoms with van der Waals surface area (Å²) in [7, 11) is -3.87. The molecule has 1 aromatic carbocycles. The molecule has 2 aliphatic heterocycles. The smallest absolute Gasteiger partial charge is 0.245 e. The first-order valence-electron chi connectivity index (χ1n) is 8.97. The summed E-state index contributed by atoms with van der Waals surface area (Å²) in [4.78, 5) is 14.4. The molecular weight excluding hydrogens is 359 g/mol. The van der Waals surface area contributed by atoms with E-state index < -0.39 is 15.8 Å². The molecule has 2 heterocycles. The Labute approximate surface area is 154 Å². The van der Waals surface area contributed by atoms with Gasteiger partial charge in [0.25, 0.3) is 0 Å². The van der Waals surface area contributed by atoms with E-state index >= 15 is 0 Å². The van der Waals surface area contributed by atoms with Crippen molar-refractivity contribution in [3.05, 3.63) is 30.1 Å². The first-order chi connectivity index (χ1) is 12.3. The lowest BCUT2D eigenvalue weighted by Gasteiger charge is -2.40. The maximum atomic E-state index is 13.9. The number of benzene rings is 1. The number of halogens is 1. The first-order valence-corrected chi connectivity index (χ1v) is 10.4. The summed E-state index contributed by atoms with van der Waals surface area (Å²) >= 11 is 0. The highest BCUT2D eigenvalue weighted by atomic mass is 32.2. The second-order valence-electron chi connectivity index (χ2n) is 7.09. The topological polar surface area (TPSA) is 66.9 Å². The lowest BCUT2D eigenvalue weighted by atomic mass is 9.95. The minimum atomic E-state index is -3.87. The van der Waals surface area contributed by atoms with Gasteiger partial charge in [-0.05, 0) is 38.8 Å². The quantitative estimate of drug-likeness (QED) is 0.798. The summed E-state index contributed by atoms with van der Waals surface area (Å²) in [5.74, 6) is -0.882. The third-order valence-corrected chi connectivity index (χ3v) is 7.08. The number of amides is 1. The van der Waals surface area contributed by atoms with Crippen molar-refractivity contribution in [3.8, 4) is 0 Å². The zero-order valence-corrected chi connectivity index (χ0v) is 15.9. The van der Waals surface area contributed by atoms with Crippen LogP contribution in [0.5, 0.6) is 0 Å². The third-order valence-electron chi connectivity index (χ3n) is 5.15. The Balaban J connectivity index is 1.66.